The summed E-state index contributed by atoms with van der Waals surface area (Å²) < 4.78 is 0.988. The molecule has 0 heterocycles. The van der Waals surface area contributed by atoms with Crippen LogP contribution in [0.25, 0.3) is 0 Å². The average Bonchev–Trinajstić information content (AvgIpc) is 2.34. The van der Waals surface area contributed by atoms with E-state index in [0.29, 0.717) is 0 Å². The normalized spacial score (nSPS) is 13.3. The maximum absolute atomic E-state index is 10.2. The number of hydrogen-bond donors (Lipinski definition) is 1. The summed E-state index contributed by atoms with van der Waals surface area (Å²) in [5.74, 6) is 0.737. The summed E-state index contributed by atoms with van der Waals surface area (Å²) in [6.45, 7) is 6.50. The SMILES string of the molecule is CC(C)CCN(C)CCC(O)c1ccccc1Br. The summed E-state index contributed by atoms with van der Waals surface area (Å²) in [5, 5.41) is 10.2. The maximum Gasteiger partial charge on any atom is 0.0813 e. The predicted octanol–water partition coefficient (Wildman–Crippen LogP) is 3.85. The van der Waals surface area contributed by atoms with Crippen LogP contribution in [0.15, 0.2) is 28.7 Å². The number of aliphatic hydroxyl groups is 1. The Kier molecular flexibility index (Phi) is 6.90. The van der Waals surface area contributed by atoms with E-state index >= 15 is 0 Å². The largest absolute Gasteiger partial charge is 0.388 e. The molecule has 3 heteroatoms. The number of halogens is 1. The van der Waals surface area contributed by atoms with E-state index in [1.54, 1.807) is 0 Å². The van der Waals surface area contributed by atoms with Crippen molar-refractivity contribution in [2.75, 3.05) is 20.1 Å². The van der Waals surface area contributed by atoms with Crippen LogP contribution in [-0.2, 0) is 0 Å². The third-order valence-electron chi connectivity index (χ3n) is 3.14. The van der Waals surface area contributed by atoms with Crippen molar-refractivity contribution in [3.05, 3.63) is 34.3 Å². The van der Waals surface area contributed by atoms with E-state index in [1.165, 1.54) is 6.42 Å². The molecule has 0 saturated carbocycles. The lowest BCUT2D eigenvalue weighted by atomic mass is 10.1. The molecule has 0 fully saturated rings. The highest BCUT2D eigenvalue weighted by atomic mass is 79.9. The van der Waals surface area contributed by atoms with Gasteiger partial charge in [0.15, 0.2) is 0 Å². The molecule has 0 amide bonds. The molecular weight excluding hydrogens is 290 g/mol. The van der Waals surface area contributed by atoms with Gasteiger partial charge in [-0.2, -0.15) is 0 Å². The first-order valence-corrected chi connectivity index (χ1v) is 7.41. The predicted molar refractivity (Wildman–Crippen MR) is 80.7 cm³/mol. The number of hydrogen-bond acceptors (Lipinski definition) is 2. The van der Waals surface area contributed by atoms with Crippen LogP contribution in [0, 0.1) is 5.92 Å². The Hall–Kier alpha value is -0.380. The van der Waals surface area contributed by atoms with Gasteiger partial charge in [0.2, 0.25) is 0 Å². The van der Waals surface area contributed by atoms with Crippen molar-refractivity contribution in [1.82, 2.24) is 4.90 Å². The molecule has 0 saturated heterocycles. The average molecular weight is 314 g/mol. The van der Waals surface area contributed by atoms with E-state index < -0.39 is 0 Å². The third kappa shape index (κ3) is 5.51. The zero-order valence-corrected chi connectivity index (χ0v) is 13.2. The van der Waals surface area contributed by atoms with Crippen molar-refractivity contribution in [3.8, 4) is 0 Å². The Balaban J connectivity index is 2.37. The molecule has 1 atom stereocenters. The fourth-order valence-corrected chi connectivity index (χ4v) is 2.38. The topological polar surface area (TPSA) is 23.5 Å². The molecule has 0 aliphatic carbocycles. The van der Waals surface area contributed by atoms with Gasteiger partial charge < -0.3 is 10.0 Å². The second-order valence-electron chi connectivity index (χ2n) is 5.31. The standard InChI is InChI=1S/C15H24BrNO/c1-12(2)8-10-17(3)11-9-15(18)13-6-4-5-7-14(13)16/h4-7,12,15,18H,8-11H2,1-3H3. The summed E-state index contributed by atoms with van der Waals surface area (Å²) in [6.07, 6.45) is 1.60. The molecule has 0 aliphatic heterocycles. The smallest absolute Gasteiger partial charge is 0.0813 e. The fraction of sp³-hybridized carbons (Fsp3) is 0.600. The molecule has 0 bridgehead atoms. The number of rotatable bonds is 7. The van der Waals surface area contributed by atoms with Crippen molar-refractivity contribution < 1.29 is 5.11 Å². The monoisotopic (exact) mass is 313 g/mol. The van der Waals surface area contributed by atoms with E-state index in [4.69, 9.17) is 0 Å². The van der Waals surface area contributed by atoms with Gasteiger partial charge in [0, 0.05) is 11.0 Å². The van der Waals surface area contributed by atoms with Crippen LogP contribution in [0.5, 0.6) is 0 Å². The molecule has 1 rings (SSSR count). The summed E-state index contributed by atoms with van der Waals surface area (Å²) in [5.41, 5.74) is 0.981. The highest BCUT2D eigenvalue weighted by molar-refractivity contribution is 9.10. The van der Waals surface area contributed by atoms with Crippen molar-refractivity contribution in [2.24, 2.45) is 5.92 Å². The van der Waals surface area contributed by atoms with Crippen molar-refractivity contribution in [1.29, 1.82) is 0 Å². The summed E-state index contributed by atoms with van der Waals surface area (Å²) >= 11 is 3.48. The molecule has 0 radical (unpaired) electrons. The van der Waals surface area contributed by atoms with E-state index in [1.807, 2.05) is 24.3 Å². The Morgan fingerprint density at radius 3 is 2.39 bits per heavy atom. The van der Waals surface area contributed by atoms with Crippen LogP contribution in [0.4, 0.5) is 0 Å². The Bertz CT molecular complexity index is 354. The minimum absolute atomic E-state index is 0.387. The van der Waals surface area contributed by atoms with Gasteiger partial charge in [-0.3, -0.25) is 0 Å². The van der Waals surface area contributed by atoms with Gasteiger partial charge in [0.1, 0.15) is 0 Å². The first kappa shape index (κ1) is 15.7. The molecule has 2 nitrogen and oxygen atoms in total. The number of benzene rings is 1. The van der Waals surface area contributed by atoms with Gasteiger partial charge >= 0.3 is 0 Å². The van der Waals surface area contributed by atoms with Crippen LogP contribution >= 0.6 is 15.9 Å². The summed E-state index contributed by atoms with van der Waals surface area (Å²) in [7, 11) is 2.12. The maximum atomic E-state index is 10.2. The van der Waals surface area contributed by atoms with Crippen LogP contribution in [0.1, 0.15) is 38.4 Å². The zero-order valence-electron chi connectivity index (χ0n) is 11.6. The molecular formula is C15H24BrNO. The first-order chi connectivity index (χ1) is 8.50. The van der Waals surface area contributed by atoms with Crippen LogP contribution < -0.4 is 0 Å². The second-order valence-corrected chi connectivity index (χ2v) is 6.17. The van der Waals surface area contributed by atoms with Crippen LogP contribution in [0.2, 0.25) is 0 Å². The number of nitrogens with zero attached hydrogens (tertiary/aromatic N) is 1. The third-order valence-corrected chi connectivity index (χ3v) is 3.86. The Morgan fingerprint density at radius 2 is 1.78 bits per heavy atom. The Morgan fingerprint density at radius 1 is 1.17 bits per heavy atom. The molecule has 1 unspecified atom stereocenters. The minimum atomic E-state index is -0.387. The van der Waals surface area contributed by atoms with E-state index in [0.717, 1.165) is 35.5 Å². The van der Waals surface area contributed by atoms with Gasteiger partial charge in [-0.25, -0.2) is 0 Å². The molecule has 18 heavy (non-hydrogen) atoms. The molecule has 0 spiro atoms. The highest BCUT2D eigenvalue weighted by Gasteiger charge is 2.11. The van der Waals surface area contributed by atoms with Crippen molar-refractivity contribution in [2.45, 2.75) is 32.8 Å². The van der Waals surface area contributed by atoms with Gasteiger partial charge in [-0.05, 0) is 44.0 Å². The second kappa shape index (κ2) is 7.93. The molecule has 102 valence electrons. The van der Waals surface area contributed by atoms with Crippen molar-refractivity contribution in [3.63, 3.8) is 0 Å². The zero-order chi connectivity index (χ0) is 13.5. The molecule has 1 aromatic rings. The van der Waals surface area contributed by atoms with Gasteiger partial charge in [0.25, 0.3) is 0 Å². The van der Waals surface area contributed by atoms with E-state index in [-0.39, 0.29) is 6.10 Å². The van der Waals surface area contributed by atoms with Crippen molar-refractivity contribution >= 4 is 15.9 Å². The highest BCUT2D eigenvalue weighted by Crippen LogP contribution is 2.25. The lowest BCUT2D eigenvalue weighted by Gasteiger charge is -2.20. The quantitative estimate of drug-likeness (QED) is 0.826. The lowest BCUT2D eigenvalue weighted by Crippen LogP contribution is -2.23. The van der Waals surface area contributed by atoms with Gasteiger partial charge in [0.05, 0.1) is 6.10 Å². The molecule has 0 aromatic heterocycles. The molecule has 0 aliphatic rings. The number of aliphatic hydroxyl groups excluding tert-OH is 1. The van der Waals surface area contributed by atoms with E-state index in [9.17, 15) is 5.11 Å². The van der Waals surface area contributed by atoms with Crippen LogP contribution in [-0.4, -0.2) is 30.1 Å². The molecule has 1 N–H and O–H groups in total. The van der Waals surface area contributed by atoms with Gasteiger partial charge in [-0.1, -0.05) is 48.0 Å². The lowest BCUT2D eigenvalue weighted by molar-refractivity contribution is 0.147. The van der Waals surface area contributed by atoms with Crippen LogP contribution in [0.3, 0.4) is 0 Å². The van der Waals surface area contributed by atoms with Gasteiger partial charge in [-0.15, -0.1) is 0 Å². The molecule has 1 aromatic carbocycles. The summed E-state index contributed by atoms with van der Waals surface area (Å²) in [4.78, 5) is 2.29. The minimum Gasteiger partial charge on any atom is -0.388 e. The van der Waals surface area contributed by atoms with E-state index in [2.05, 4.69) is 41.7 Å². The fourth-order valence-electron chi connectivity index (χ4n) is 1.83. The summed E-state index contributed by atoms with van der Waals surface area (Å²) in [6, 6.07) is 7.88. The Labute approximate surface area is 119 Å². The first-order valence-electron chi connectivity index (χ1n) is 6.61.